The lowest BCUT2D eigenvalue weighted by atomic mass is 10.3. The van der Waals surface area contributed by atoms with Crippen LogP contribution in [0.2, 0.25) is 0 Å². The van der Waals surface area contributed by atoms with Crippen LogP contribution in [-0.4, -0.2) is 12.0 Å². The SMILES string of the molecule is CC#N.CCCC(=O)OCCl. The molecule has 0 radical (unpaired) electrons. The van der Waals surface area contributed by atoms with E-state index in [9.17, 15) is 4.79 Å². The van der Waals surface area contributed by atoms with Crippen molar-refractivity contribution in [2.24, 2.45) is 0 Å². The van der Waals surface area contributed by atoms with Gasteiger partial charge in [0, 0.05) is 13.3 Å². The fourth-order valence-corrected chi connectivity index (χ4v) is 0.459. The summed E-state index contributed by atoms with van der Waals surface area (Å²) in [6, 6.07) is 1.72. The number of halogens is 1. The summed E-state index contributed by atoms with van der Waals surface area (Å²) in [5.74, 6) is -0.220. The van der Waals surface area contributed by atoms with Gasteiger partial charge in [-0.15, -0.1) is 0 Å². The van der Waals surface area contributed by atoms with Crippen molar-refractivity contribution in [2.45, 2.75) is 26.7 Å². The second-order valence-electron chi connectivity index (χ2n) is 1.60. The number of alkyl halides is 1. The zero-order valence-electron chi connectivity index (χ0n) is 6.76. The van der Waals surface area contributed by atoms with Gasteiger partial charge in [-0.25, -0.2) is 0 Å². The standard InChI is InChI=1S/C5H9ClO2.C2H3N/c1-2-3-5(7)8-4-6;1-2-3/h2-4H2,1H3;1H3. The Balaban J connectivity index is 0. The Hall–Kier alpha value is -0.750. The first kappa shape index (κ1) is 12.9. The third-order valence-corrected chi connectivity index (χ3v) is 0.779. The maximum Gasteiger partial charge on any atom is 0.306 e. The molecule has 0 amide bonds. The molecule has 3 nitrogen and oxygen atoms in total. The van der Waals surface area contributed by atoms with Crippen molar-refractivity contribution < 1.29 is 9.53 Å². The molecule has 11 heavy (non-hydrogen) atoms. The molecule has 0 fully saturated rings. The Morgan fingerprint density at radius 1 is 1.73 bits per heavy atom. The van der Waals surface area contributed by atoms with Crippen LogP contribution in [0.1, 0.15) is 26.7 Å². The second-order valence-corrected chi connectivity index (χ2v) is 1.82. The molecule has 0 bridgehead atoms. The first-order valence-electron chi connectivity index (χ1n) is 3.25. The lowest BCUT2D eigenvalue weighted by Crippen LogP contribution is -2.00. The van der Waals surface area contributed by atoms with Gasteiger partial charge in [0.25, 0.3) is 0 Å². The van der Waals surface area contributed by atoms with Crippen molar-refractivity contribution in [1.29, 1.82) is 5.26 Å². The quantitative estimate of drug-likeness (QED) is 0.490. The van der Waals surface area contributed by atoms with Crippen molar-refractivity contribution in [2.75, 3.05) is 6.07 Å². The van der Waals surface area contributed by atoms with E-state index in [1.54, 1.807) is 6.07 Å². The molecule has 0 aromatic heterocycles. The van der Waals surface area contributed by atoms with E-state index < -0.39 is 0 Å². The number of nitrogens with zero attached hydrogens (tertiary/aromatic N) is 1. The van der Waals surface area contributed by atoms with E-state index in [0.29, 0.717) is 6.42 Å². The maximum atomic E-state index is 10.3. The number of hydrogen-bond acceptors (Lipinski definition) is 3. The van der Waals surface area contributed by atoms with Gasteiger partial charge in [0.15, 0.2) is 6.07 Å². The Morgan fingerprint density at radius 3 is 2.45 bits per heavy atom. The maximum absolute atomic E-state index is 10.3. The highest BCUT2D eigenvalue weighted by Gasteiger charge is 1.96. The molecule has 0 atom stereocenters. The molecule has 0 rings (SSSR count). The summed E-state index contributed by atoms with van der Waals surface area (Å²) >= 11 is 5.09. The summed E-state index contributed by atoms with van der Waals surface area (Å²) in [7, 11) is 0. The topological polar surface area (TPSA) is 50.1 Å². The van der Waals surface area contributed by atoms with E-state index in [1.165, 1.54) is 6.92 Å². The fraction of sp³-hybridized carbons (Fsp3) is 0.714. The number of ether oxygens (including phenoxy) is 1. The van der Waals surface area contributed by atoms with Gasteiger partial charge in [0.05, 0.1) is 6.07 Å². The van der Waals surface area contributed by atoms with Crippen LogP contribution >= 0.6 is 11.6 Å². The van der Waals surface area contributed by atoms with Crippen molar-refractivity contribution in [1.82, 2.24) is 0 Å². The van der Waals surface area contributed by atoms with E-state index in [2.05, 4.69) is 4.74 Å². The molecule has 64 valence electrons. The number of carbonyl (C=O) groups excluding carboxylic acids is 1. The van der Waals surface area contributed by atoms with E-state index >= 15 is 0 Å². The van der Waals surface area contributed by atoms with E-state index in [0.717, 1.165) is 6.42 Å². The number of nitriles is 1. The zero-order chi connectivity index (χ0) is 9.11. The second kappa shape index (κ2) is 12.0. The number of esters is 1. The van der Waals surface area contributed by atoms with E-state index in [1.807, 2.05) is 6.92 Å². The van der Waals surface area contributed by atoms with Crippen molar-refractivity contribution in [3.8, 4) is 6.07 Å². The van der Waals surface area contributed by atoms with Gasteiger partial charge in [0.2, 0.25) is 0 Å². The third-order valence-electron chi connectivity index (χ3n) is 0.670. The molecule has 0 aliphatic rings. The first-order chi connectivity index (χ1) is 5.22. The van der Waals surface area contributed by atoms with Crippen LogP contribution in [0.5, 0.6) is 0 Å². The molecule has 4 heteroatoms. The molecule has 0 aliphatic carbocycles. The molecule has 0 unspecified atom stereocenters. The Morgan fingerprint density at radius 2 is 2.18 bits per heavy atom. The van der Waals surface area contributed by atoms with Gasteiger partial charge in [-0.05, 0) is 6.42 Å². The summed E-state index contributed by atoms with van der Waals surface area (Å²) in [5, 5.41) is 7.32. The minimum absolute atomic E-state index is 0.0289. The summed E-state index contributed by atoms with van der Waals surface area (Å²) < 4.78 is 4.41. The minimum atomic E-state index is -0.220. The molecule has 0 N–H and O–H groups in total. The lowest BCUT2D eigenvalue weighted by molar-refractivity contribution is -0.141. The Kier molecular flexibility index (Phi) is 14.0. The van der Waals surface area contributed by atoms with E-state index in [-0.39, 0.29) is 12.0 Å². The van der Waals surface area contributed by atoms with Gasteiger partial charge < -0.3 is 4.74 Å². The van der Waals surface area contributed by atoms with Crippen LogP contribution in [0.25, 0.3) is 0 Å². The zero-order valence-corrected chi connectivity index (χ0v) is 7.52. The molecule has 0 spiro atoms. The van der Waals surface area contributed by atoms with E-state index in [4.69, 9.17) is 16.9 Å². The molecular formula is C7H12ClNO2. The largest absolute Gasteiger partial charge is 0.449 e. The molecular weight excluding hydrogens is 166 g/mol. The van der Waals surface area contributed by atoms with Crippen LogP contribution < -0.4 is 0 Å². The average Bonchev–Trinajstić information content (AvgIpc) is 1.90. The molecule has 0 aromatic carbocycles. The monoisotopic (exact) mass is 177 g/mol. The summed E-state index contributed by atoms with van der Waals surface area (Å²) in [4.78, 5) is 10.3. The van der Waals surface area contributed by atoms with Gasteiger partial charge in [-0.2, -0.15) is 5.26 Å². The highest BCUT2D eigenvalue weighted by atomic mass is 35.5. The number of hydrogen-bond donors (Lipinski definition) is 0. The summed E-state index contributed by atoms with van der Waals surface area (Å²) in [6.07, 6.45) is 1.28. The predicted molar refractivity (Wildman–Crippen MR) is 43.0 cm³/mol. The molecule has 0 saturated heterocycles. The summed E-state index contributed by atoms with van der Waals surface area (Å²) in [6.45, 7) is 3.34. The molecule has 0 saturated carbocycles. The molecule has 0 heterocycles. The van der Waals surface area contributed by atoms with Crippen molar-refractivity contribution in [3.63, 3.8) is 0 Å². The van der Waals surface area contributed by atoms with Gasteiger partial charge in [0.1, 0.15) is 0 Å². The van der Waals surface area contributed by atoms with Crippen LogP contribution in [0.15, 0.2) is 0 Å². The smallest absolute Gasteiger partial charge is 0.306 e. The molecule has 0 aliphatic heterocycles. The summed E-state index contributed by atoms with van der Waals surface area (Å²) in [5.41, 5.74) is 0. The number of carbonyl (C=O) groups is 1. The van der Waals surface area contributed by atoms with Gasteiger partial charge in [-0.3, -0.25) is 4.79 Å². The number of rotatable bonds is 3. The van der Waals surface area contributed by atoms with Crippen molar-refractivity contribution in [3.05, 3.63) is 0 Å². The highest BCUT2D eigenvalue weighted by Crippen LogP contribution is 1.91. The van der Waals surface area contributed by atoms with Crippen LogP contribution in [-0.2, 0) is 9.53 Å². The normalized spacial score (nSPS) is 7.09. The minimum Gasteiger partial charge on any atom is -0.449 e. The van der Waals surface area contributed by atoms with Crippen molar-refractivity contribution >= 4 is 17.6 Å². The van der Waals surface area contributed by atoms with Gasteiger partial charge in [-0.1, -0.05) is 18.5 Å². The average molecular weight is 178 g/mol. The van der Waals surface area contributed by atoms with Crippen LogP contribution in [0, 0.1) is 11.3 Å². The van der Waals surface area contributed by atoms with Crippen LogP contribution in [0.3, 0.4) is 0 Å². The lowest BCUT2D eigenvalue weighted by Gasteiger charge is -1.94. The highest BCUT2D eigenvalue weighted by molar-refractivity contribution is 6.17. The predicted octanol–water partition coefficient (Wildman–Crippen LogP) is 2.06. The Bertz CT molecular complexity index is 123. The van der Waals surface area contributed by atoms with Gasteiger partial charge >= 0.3 is 5.97 Å². The molecule has 0 aromatic rings. The van der Waals surface area contributed by atoms with Crippen LogP contribution in [0.4, 0.5) is 0 Å². The third kappa shape index (κ3) is 17.6. The fourth-order valence-electron chi connectivity index (χ4n) is 0.337. The first-order valence-corrected chi connectivity index (χ1v) is 3.78. The Labute approximate surface area is 71.9 Å².